The molecule has 4 rings (SSSR count). The van der Waals surface area contributed by atoms with Crippen molar-refractivity contribution in [1.82, 2.24) is 19.6 Å². The van der Waals surface area contributed by atoms with Gasteiger partial charge in [0.05, 0.1) is 22.9 Å². The van der Waals surface area contributed by atoms with Gasteiger partial charge in [-0.3, -0.25) is 14.0 Å². The summed E-state index contributed by atoms with van der Waals surface area (Å²) in [5.74, 6) is -0.0810. The fourth-order valence-electron chi connectivity index (χ4n) is 3.94. The molecular weight excluding hydrogens is 671 g/mol. The van der Waals surface area contributed by atoms with Crippen molar-refractivity contribution in [2.75, 3.05) is 37.9 Å². The number of carbonyl (C=O) groups excluding carboxylic acids is 3. The number of halogens is 4. The molecule has 4 amide bonds. The van der Waals surface area contributed by atoms with Gasteiger partial charge in [-0.2, -0.15) is 0 Å². The topological polar surface area (TPSA) is 108 Å². The maximum absolute atomic E-state index is 12.9. The van der Waals surface area contributed by atoms with E-state index in [-0.39, 0.29) is 36.5 Å². The van der Waals surface area contributed by atoms with Crippen LogP contribution in [0.4, 0.5) is 16.2 Å². The first-order valence-corrected chi connectivity index (χ1v) is 13.9. The summed E-state index contributed by atoms with van der Waals surface area (Å²) >= 11 is 16.6. The first kappa shape index (κ1) is 33.0. The Morgan fingerprint density at radius 3 is 2.52 bits per heavy atom. The lowest BCUT2D eigenvalue weighted by Gasteiger charge is -2.21. The normalized spacial score (nSPS) is 10.5. The summed E-state index contributed by atoms with van der Waals surface area (Å²) in [4.78, 5) is 44.8. The number of aryl methyl sites for hydroxylation is 1. The molecule has 2 aromatic heterocycles. The average molecular weight is 699 g/mol. The van der Waals surface area contributed by atoms with E-state index < -0.39 is 11.9 Å². The van der Waals surface area contributed by atoms with E-state index in [9.17, 15) is 14.4 Å². The molecule has 0 unspecified atom stereocenters. The highest BCUT2D eigenvalue weighted by atomic mass is 79.9. The van der Waals surface area contributed by atoms with E-state index in [2.05, 4.69) is 31.5 Å². The Balaban J connectivity index is 0.00000484. The van der Waals surface area contributed by atoms with Gasteiger partial charge in [-0.25, -0.2) is 9.78 Å². The molecule has 0 spiro atoms. The Hall–Kier alpha value is -3.51. The zero-order chi connectivity index (χ0) is 29.8. The van der Waals surface area contributed by atoms with Gasteiger partial charge >= 0.3 is 6.03 Å². The number of carbonyl (C=O) groups is 3. The van der Waals surface area contributed by atoms with Crippen molar-refractivity contribution in [3.05, 3.63) is 86.2 Å². The Labute approximate surface area is 267 Å². The number of imidazole rings is 1. The minimum atomic E-state index is -0.604. The molecule has 4 aromatic rings. The number of urea groups is 1. The van der Waals surface area contributed by atoms with Gasteiger partial charge in [0.1, 0.15) is 11.2 Å². The number of aromatic nitrogens is 2. The van der Waals surface area contributed by atoms with E-state index in [1.165, 1.54) is 9.80 Å². The van der Waals surface area contributed by atoms with E-state index in [0.717, 1.165) is 10.3 Å². The molecule has 2 heterocycles. The first-order valence-electron chi connectivity index (χ1n) is 12.3. The molecule has 0 aliphatic heterocycles. The number of hydrogen-bond acceptors (Lipinski definition) is 5. The van der Waals surface area contributed by atoms with Gasteiger partial charge in [0.15, 0.2) is 11.4 Å². The molecular formula is C28H28BrCl3N6O4. The van der Waals surface area contributed by atoms with Crippen LogP contribution in [0.25, 0.3) is 5.65 Å². The van der Waals surface area contributed by atoms with Crippen LogP contribution in [0.5, 0.6) is 5.75 Å². The largest absolute Gasteiger partial charge is 0.485 e. The Kier molecular flexibility index (Phi) is 11.1. The van der Waals surface area contributed by atoms with Crippen molar-refractivity contribution in [2.45, 2.75) is 13.5 Å². The minimum absolute atomic E-state index is 0. The number of benzene rings is 2. The number of nitrogens with one attached hydrogen (secondary N) is 2. The van der Waals surface area contributed by atoms with Gasteiger partial charge in [-0.1, -0.05) is 29.3 Å². The lowest BCUT2D eigenvalue weighted by Crippen LogP contribution is -2.40. The van der Waals surface area contributed by atoms with Crippen LogP contribution >= 0.6 is 51.5 Å². The second kappa shape index (κ2) is 14.1. The van der Waals surface area contributed by atoms with Crippen LogP contribution < -0.4 is 20.3 Å². The highest BCUT2D eigenvalue weighted by Crippen LogP contribution is 2.35. The summed E-state index contributed by atoms with van der Waals surface area (Å²) in [6.07, 6.45) is 1.87. The Morgan fingerprint density at radius 1 is 1.07 bits per heavy atom. The van der Waals surface area contributed by atoms with Gasteiger partial charge in [-0.05, 0) is 65.3 Å². The zero-order valence-electron chi connectivity index (χ0n) is 23.1. The summed E-state index contributed by atoms with van der Waals surface area (Å²) in [6.45, 7) is 1.61. The lowest BCUT2D eigenvalue weighted by molar-refractivity contribution is -0.117. The maximum atomic E-state index is 12.9. The Morgan fingerprint density at radius 2 is 1.81 bits per heavy atom. The van der Waals surface area contributed by atoms with Gasteiger partial charge < -0.3 is 25.2 Å². The predicted molar refractivity (Wildman–Crippen MR) is 171 cm³/mol. The minimum Gasteiger partial charge on any atom is -0.485 e. The number of rotatable bonds is 8. The van der Waals surface area contributed by atoms with Crippen LogP contribution in [0.15, 0.2) is 59.3 Å². The molecule has 0 saturated carbocycles. The molecule has 10 nitrogen and oxygen atoms in total. The smallest absolute Gasteiger partial charge is 0.319 e. The standard InChI is InChI=1S/C28H27BrCl2N6O4.ClH/c1-16-25(29)37-12-6-9-22(26(37)33-16)41-15-19-20(30)10-11-21(24(19)31)36(4)23(38)14-32-28(40)34-18-8-5-7-17(13-18)27(39)35(2)3;/h5-13H,14-15H2,1-4H3,(H2,32,34,40);1H. The molecule has 0 radical (unpaired) electrons. The number of amides is 4. The second-order valence-electron chi connectivity index (χ2n) is 9.24. The van der Waals surface area contributed by atoms with Crippen LogP contribution in [0.1, 0.15) is 21.6 Å². The number of pyridine rings is 1. The summed E-state index contributed by atoms with van der Waals surface area (Å²) in [5, 5.41) is 5.77. The van der Waals surface area contributed by atoms with E-state index in [1.807, 2.05) is 23.6 Å². The Bertz CT molecular complexity index is 1650. The molecule has 14 heteroatoms. The number of nitrogens with zero attached hydrogens (tertiary/aromatic N) is 4. The number of anilines is 2. The molecule has 0 saturated heterocycles. The summed E-state index contributed by atoms with van der Waals surface area (Å²) in [6, 6.07) is 12.8. The highest BCUT2D eigenvalue weighted by Gasteiger charge is 2.20. The second-order valence-corrected chi connectivity index (χ2v) is 10.8. The number of hydrogen-bond donors (Lipinski definition) is 2. The molecule has 0 fully saturated rings. The summed E-state index contributed by atoms with van der Waals surface area (Å²) < 4.78 is 8.72. The fourth-order valence-corrected chi connectivity index (χ4v) is 4.92. The van der Waals surface area contributed by atoms with Crippen molar-refractivity contribution in [2.24, 2.45) is 0 Å². The molecule has 222 valence electrons. The number of likely N-dealkylation sites (N-methyl/N-ethyl adjacent to an activating group) is 1. The molecule has 42 heavy (non-hydrogen) atoms. The zero-order valence-corrected chi connectivity index (χ0v) is 27.0. The molecule has 2 aromatic carbocycles. The maximum Gasteiger partial charge on any atom is 0.319 e. The third kappa shape index (κ3) is 7.27. The quantitative estimate of drug-likeness (QED) is 0.228. The van der Waals surface area contributed by atoms with Crippen molar-refractivity contribution in [3.63, 3.8) is 0 Å². The van der Waals surface area contributed by atoms with Crippen molar-refractivity contribution < 1.29 is 19.1 Å². The monoisotopic (exact) mass is 696 g/mol. The van der Waals surface area contributed by atoms with Crippen LogP contribution in [-0.4, -0.2) is 59.8 Å². The van der Waals surface area contributed by atoms with Gasteiger partial charge in [0.25, 0.3) is 5.91 Å². The molecule has 0 aliphatic carbocycles. The highest BCUT2D eigenvalue weighted by molar-refractivity contribution is 9.10. The molecule has 0 bridgehead atoms. The van der Waals surface area contributed by atoms with Crippen LogP contribution in [0, 0.1) is 6.92 Å². The summed E-state index contributed by atoms with van der Waals surface area (Å²) in [7, 11) is 4.83. The third-order valence-electron chi connectivity index (χ3n) is 6.16. The SMILES string of the molecule is Cc1nc2c(OCc3c(Cl)ccc(N(C)C(=O)CNC(=O)Nc4cccc(C(=O)N(C)C)c4)c3Cl)cccn2c1Br.Cl. The van der Waals surface area contributed by atoms with E-state index in [1.54, 1.807) is 63.6 Å². The molecule has 0 atom stereocenters. The van der Waals surface area contributed by atoms with E-state index in [0.29, 0.717) is 38.9 Å². The van der Waals surface area contributed by atoms with Crippen molar-refractivity contribution >= 4 is 86.4 Å². The summed E-state index contributed by atoms with van der Waals surface area (Å²) in [5.41, 5.74) is 3.17. The first-order chi connectivity index (χ1) is 19.5. The molecule has 0 aliphatic rings. The van der Waals surface area contributed by atoms with Crippen molar-refractivity contribution in [1.29, 1.82) is 0 Å². The molecule has 2 N–H and O–H groups in total. The van der Waals surface area contributed by atoms with Crippen LogP contribution in [0.2, 0.25) is 10.0 Å². The van der Waals surface area contributed by atoms with Gasteiger partial charge in [-0.15, -0.1) is 12.4 Å². The number of fused-ring (bicyclic) bond motifs is 1. The lowest BCUT2D eigenvalue weighted by atomic mass is 10.2. The number of ether oxygens (including phenoxy) is 1. The third-order valence-corrected chi connectivity index (χ3v) is 7.89. The van der Waals surface area contributed by atoms with E-state index in [4.69, 9.17) is 27.9 Å². The van der Waals surface area contributed by atoms with Gasteiger partial charge in [0, 0.05) is 49.2 Å². The van der Waals surface area contributed by atoms with Gasteiger partial charge in [0.2, 0.25) is 5.91 Å². The van der Waals surface area contributed by atoms with Crippen LogP contribution in [-0.2, 0) is 11.4 Å². The predicted octanol–water partition coefficient (Wildman–Crippen LogP) is 6.20. The van der Waals surface area contributed by atoms with Crippen molar-refractivity contribution in [3.8, 4) is 5.75 Å². The fraction of sp³-hybridized carbons (Fsp3) is 0.214. The average Bonchev–Trinajstić information content (AvgIpc) is 3.24. The van der Waals surface area contributed by atoms with E-state index >= 15 is 0 Å². The van der Waals surface area contributed by atoms with Crippen LogP contribution in [0.3, 0.4) is 0 Å².